The van der Waals surface area contributed by atoms with Crippen molar-refractivity contribution >= 4 is 0 Å². The largest absolute Gasteiger partial charge is 0.488 e. The molecule has 0 bridgehead atoms. The number of halogens is 1. The van der Waals surface area contributed by atoms with Crippen LogP contribution in [-0.4, -0.2) is 5.11 Å². The molecule has 0 aliphatic heterocycles. The van der Waals surface area contributed by atoms with Crippen molar-refractivity contribution < 1.29 is 14.2 Å². The van der Waals surface area contributed by atoms with Gasteiger partial charge in [0.1, 0.15) is 18.2 Å². The minimum Gasteiger partial charge on any atom is -0.488 e. The first-order valence-corrected chi connectivity index (χ1v) is 6.22. The van der Waals surface area contributed by atoms with Gasteiger partial charge in [0, 0.05) is 11.6 Å². The maximum Gasteiger partial charge on any atom is 0.128 e. The van der Waals surface area contributed by atoms with Gasteiger partial charge in [0.05, 0.1) is 6.10 Å². The molecule has 0 saturated heterocycles. The molecule has 2 nitrogen and oxygen atoms in total. The second kappa shape index (κ2) is 5.85. The van der Waals surface area contributed by atoms with Crippen molar-refractivity contribution in [2.45, 2.75) is 26.6 Å². The minimum atomic E-state index is -0.686. The molecule has 19 heavy (non-hydrogen) atoms. The lowest BCUT2D eigenvalue weighted by atomic mass is 10.1. The maximum absolute atomic E-state index is 13.2. The quantitative estimate of drug-likeness (QED) is 0.906. The number of aliphatic hydroxyl groups excluding tert-OH is 1. The van der Waals surface area contributed by atoms with E-state index in [-0.39, 0.29) is 5.82 Å². The zero-order valence-electron chi connectivity index (χ0n) is 11.1. The first-order valence-electron chi connectivity index (χ1n) is 6.22. The van der Waals surface area contributed by atoms with E-state index in [0.29, 0.717) is 17.9 Å². The summed E-state index contributed by atoms with van der Waals surface area (Å²) in [5, 5.41) is 9.63. The summed E-state index contributed by atoms with van der Waals surface area (Å²) in [6, 6.07) is 12.1. The van der Waals surface area contributed by atoms with Crippen LogP contribution < -0.4 is 4.74 Å². The van der Waals surface area contributed by atoms with Gasteiger partial charge in [0.25, 0.3) is 0 Å². The van der Waals surface area contributed by atoms with Gasteiger partial charge in [-0.15, -0.1) is 0 Å². The molecule has 0 radical (unpaired) electrons. The van der Waals surface area contributed by atoms with Gasteiger partial charge in [-0.2, -0.15) is 0 Å². The Bertz CT molecular complexity index is 547. The highest BCUT2D eigenvalue weighted by Gasteiger charge is 2.10. The van der Waals surface area contributed by atoms with Crippen LogP contribution in [0.3, 0.4) is 0 Å². The van der Waals surface area contributed by atoms with Crippen LogP contribution in [0.5, 0.6) is 5.75 Å². The van der Waals surface area contributed by atoms with E-state index in [0.717, 1.165) is 5.56 Å². The molecular weight excluding hydrogens is 243 g/mol. The van der Waals surface area contributed by atoms with Crippen LogP contribution in [0.4, 0.5) is 4.39 Å². The third-order valence-electron chi connectivity index (χ3n) is 2.94. The third kappa shape index (κ3) is 3.55. The van der Waals surface area contributed by atoms with Crippen molar-refractivity contribution in [2.75, 3.05) is 0 Å². The zero-order valence-corrected chi connectivity index (χ0v) is 11.1. The van der Waals surface area contributed by atoms with Crippen LogP contribution in [0.2, 0.25) is 0 Å². The molecule has 0 aliphatic carbocycles. The van der Waals surface area contributed by atoms with Crippen molar-refractivity contribution in [1.29, 1.82) is 0 Å². The normalized spacial score (nSPS) is 12.2. The smallest absolute Gasteiger partial charge is 0.128 e. The molecule has 0 unspecified atom stereocenters. The average Bonchev–Trinajstić information content (AvgIpc) is 2.38. The van der Waals surface area contributed by atoms with Crippen molar-refractivity contribution in [3.05, 3.63) is 65.0 Å². The highest BCUT2D eigenvalue weighted by Crippen LogP contribution is 2.26. The van der Waals surface area contributed by atoms with Gasteiger partial charge in [-0.3, -0.25) is 0 Å². The molecule has 0 aliphatic rings. The van der Waals surface area contributed by atoms with Gasteiger partial charge in [0.2, 0.25) is 0 Å². The summed E-state index contributed by atoms with van der Waals surface area (Å²) in [5.41, 5.74) is 2.78. The Hall–Kier alpha value is -1.87. The topological polar surface area (TPSA) is 29.5 Å². The number of aryl methyl sites for hydroxylation is 1. The summed E-state index contributed by atoms with van der Waals surface area (Å²) in [7, 11) is 0. The van der Waals surface area contributed by atoms with Crippen molar-refractivity contribution in [2.24, 2.45) is 0 Å². The van der Waals surface area contributed by atoms with E-state index in [2.05, 4.69) is 0 Å². The van der Waals surface area contributed by atoms with E-state index in [1.54, 1.807) is 13.0 Å². The molecular formula is C16H17FO2. The minimum absolute atomic E-state index is 0.351. The van der Waals surface area contributed by atoms with Crippen LogP contribution in [0.1, 0.15) is 29.7 Å². The van der Waals surface area contributed by atoms with E-state index >= 15 is 0 Å². The standard InChI is InChI=1S/C16H17FO2/c1-11-3-5-13(6-4-11)10-19-16-9-14(17)7-8-15(16)12(2)18/h3-9,12,18H,10H2,1-2H3/t12-/m0/s1. The molecule has 0 aromatic heterocycles. The van der Waals surface area contributed by atoms with Crippen molar-refractivity contribution in [3.63, 3.8) is 0 Å². The fourth-order valence-electron chi connectivity index (χ4n) is 1.82. The number of ether oxygens (including phenoxy) is 1. The maximum atomic E-state index is 13.2. The second-order valence-corrected chi connectivity index (χ2v) is 4.63. The molecule has 2 rings (SSSR count). The SMILES string of the molecule is Cc1ccc(COc2cc(F)ccc2[C@H](C)O)cc1. The molecule has 1 N–H and O–H groups in total. The Kier molecular flexibility index (Phi) is 4.17. The summed E-state index contributed by atoms with van der Waals surface area (Å²) in [4.78, 5) is 0. The van der Waals surface area contributed by atoms with E-state index in [1.165, 1.54) is 17.7 Å². The van der Waals surface area contributed by atoms with Gasteiger partial charge >= 0.3 is 0 Å². The molecule has 0 heterocycles. The third-order valence-corrected chi connectivity index (χ3v) is 2.94. The molecule has 0 amide bonds. The first kappa shape index (κ1) is 13.6. The van der Waals surface area contributed by atoms with Gasteiger partial charge in [-0.05, 0) is 31.5 Å². The number of hydrogen-bond donors (Lipinski definition) is 1. The van der Waals surface area contributed by atoms with Crippen molar-refractivity contribution in [3.8, 4) is 5.75 Å². The molecule has 2 aromatic rings. The molecule has 0 fully saturated rings. The Morgan fingerprint density at radius 3 is 2.47 bits per heavy atom. The lowest BCUT2D eigenvalue weighted by Crippen LogP contribution is -2.01. The van der Waals surface area contributed by atoms with Crippen molar-refractivity contribution in [1.82, 2.24) is 0 Å². The molecule has 2 aromatic carbocycles. The highest BCUT2D eigenvalue weighted by atomic mass is 19.1. The second-order valence-electron chi connectivity index (χ2n) is 4.63. The summed E-state index contributed by atoms with van der Waals surface area (Å²) in [6.45, 7) is 4.00. The monoisotopic (exact) mass is 260 g/mol. The van der Waals surface area contributed by atoms with Gasteiger partial charge in [0.15, 0.2) is 0 Å². The number of aliphatic hydroxyl groups is 1. The van der Waals surface area contributed by atoms with Crippen LogP contribution in [0, 0.1) is 12.7 Å². The predicted molar refractivity (Wildman–Crippen MR) is 72.5 cm³/mol. The van der Waals surface area contributed by atoms with E-state index in [9.17, 15) is 9.50 Å². The summed E-state index contributed by atoms with van der Waals surface area (Å²) in [6.07, 6.45) is -0.686. The fourth-order valence-corrected chi connectivity index (χ4v) is 1.82. The van der Waals surface area contributed by atoms with Crippen LogP contribution >= 0.6 is 0 Å². The number of benzene rings is 2. The Morgan fingerprint density at radius 1 is 1.16 bits per heavy atom. The average molecular weight is 260 g/mol. The summed E-state index contributed by atoms with van der Waals surface area (Å²) < 4.78 is 18.8. The number of hydrogen-bond acceptors (Lipinski definition) is 2. The number of rotatable bonds is 4. The first-order chi connectivity index (χ1) is 9.06. The lowest BCUT2D eigenvalue weighted by molar-refractivity contribution is 0.190. The van der Waals surface area contributed by atoms with Crippen LogP contribution in [-0.2, 0) is 6.61 Å². The molecule has 1 atom stereocenters. The van der Waals surface area contributed by atoms with E-state index in [4.69, 9.17) is 4.74 Å². The van der Waals surface area contributed by atoms with E-state index in [1.807, 2.05) is 31.2 Å². The Morgan fingerprint density at radius 2 is 1.84 bits per heavy atom. The predicted octanol–water partition coefficient (Wildman–Crippen LogP) is 3.77. The van der Waals surface area contributed by atoms with E-state index < -0.39 is 6.10 Å². The Labute approximate surface area is 112 Å². The Balaban J connectivity index is 2.14. The van der Waals surface area contributed by atoms with Gasteiger partial charge < -0.3 is 9.84 Å². The lowest BCUT2D eigenvalue weighted by Gasteiger charge is -2.13. The zero-order chi connectivity index (χ0) is 13.8. The van der Waals surface area contributed by atoms with Gasteiger partial charge in [-0.25, -0.2) is 4.39 Å². The molecule has 100 valence electrons. The van der Waals surface area contributed by atoms with Gasteiger partial charge in [-0.1, -0.05) is 29.8 Å². The van der Waals surface area contributed by atoms with Crippen LogP contribution in [0.25, 0.3) is 0 Å². The molecule has 0 spiro atoms. The highest BCUT2D eigenvalue weighted by molar-refractivity contribution is 5.35. The fraction of sp³-hybridized carbons (Fsp3) is 0.250. The van der Waals surface area contributed by atoms with Crippen LogP contribution in [0.15, 0.2) is 42.5 Å². The summed E-state index contributed by atoms with van der Waals surface area (Å²) in [5.74, 6) is 0.0129. The summed E-state index contributed by atoms with van der Waals surface area (Å²) >= 11 is 0. The molecule has 3 heteroatoms. The molecule has 0 saturated carbocycles.